The first kappa shape index (κ1) is 37.8. The lowest BCUT2D eigenvalue weighted by Gasteiger charge is -2.35. The molecule has 0 bridgehead atoms. The highest BCUT2D eigenvalue weighted by molar-refractivity contribution is 7.91. The van der Waals surface area contributed by atoms with Crippen molar-refractivity contribution in [2.45, 2.75) is 101 Å². The van der Waals surface area contributed by atoms with Crippen LogP contribution >= 0.6 is 0 Å². The zero-order valence-electron chi connectivity index (χ0n) is 28.1. The van der Waals surface area contributed by atoms with Crippen LogP contribution in [0.2, 0.25) is 0 Å². The maximum absolute atomic E-state index is 14.0. The molecule has 2 amide bonds. The minimum absolute atomic E-state index is 0.137. The molecular weight excluding hydrogens is 634 g/mol. The summed E-state index contributed by atoms with van der Waals surface area (Å²) in [6, 6.07) is 8.99. The lowest BCUT2D eigenvalue weighted by atomic mass is 9.83. The summed E-state index contributed by atoms with van der Waals surface area (Å²) in [6.07, 6.45) is 8.15. The molecule has 0 radical (unpaired) electrons. The van der Waals surface area contributed by atoms with Crippen LogP contribution < -0.4 is 10.6 Å². The van der Waals surface area contributed by atoms with Crippen LogP contribution in [0.3, 0.4) is 0 Å². The highest BCUT2D eigenvalue weighted by Gasteiger charge is 2.35. The number of rotatable bonds is 18. The summed E-state index contributed by atoms with van der Waals surface area (Å²) in [5, 5.41) is 28.1. The molecule has 2 aliphatic rings. The number of nitrogens with one attached hydrogen (secondary N) is 2. The Kier molecular flexibility index (Phi) is 15.2. The molecule has 13 heteroatoms. The number of aliphatic hydroxyl groups is 2. The Labute approximate surface area is 285 Å². The molecule has 5 atom stereocenters. The number of hydrogen-bond donors (Lipinski definition) is 4. The monoisotopic (exact) mass is 687 g/mol. The molecular formula is C35H53N5O7S. The number of sulfone groups is 1. The van der Waals surface area contributed by atoms with Crippen LogP contribution in [0.1, 0.15) is 70.3 Å². The molecule has 1 aromatic heterocycles. The molecule has 1 aliphatic heterocycles. The first-order chi connectivity index (χ1) is 23.2. The van der Waals surface area contributed by atoms with Crippen LogP contribution in [-0.4, -0.2) is 108 Å². The van der Waals surface area contributed by atoms with E-state index in [1.54, 1.807) is 0 Å². The predicted octanol–water partition coefficient (Wildman–Crippen LogP) is 2.29. The van der Waals surface area contributed by atoms with E-state index in [1.807, 2.05) is 42.2 Å². The molecule has 1 saturated carbocycles. The molecule has 2 heterocycles. The van der Waals surface area contributed by atoms with Gasteiger partial charge in [0.1, 0.15) is 12.1 Å². The third kappa shape index (κ3) is 11.9. The molecule has 0 unspecified atom stereocenters. The van der Waals surface area contributed by atoms with Gasteiger partial charge < -0.3 is 25.6 Å². The summed E-state index contributed by atoms with van der Waals surface area (Å²) in [5.74, 6) is -2.26. The molecule has 266 valence electrons. The number of carbonyl (C=O) groups excluding carboxylic acids is 2. The number of nitrogens with zero attached hydrogens (tertiary/aromatic N) is 3. The Morgan fingerprint density at radius 3 is 2.33 bits per heavy atom. The molecule has 12 nitrogen and oxygen atoms in total. The SMILES string of the molecule is CCCC[C@H](NC(=O)[C@H](Cc1ccccc1)CS(=O)(=O)c1ncccn1)C(=O)N[C@@H](CC1CCCCC1)[C@@H](O)[C@@H](O)CN1CCOCC1. The van der Waals surface area contributed by atoms with Gasteiger partial charge in [-0.3, -0.25) is 14.5 Å². The molecule has 2 fully saturated rings. The highest BCUT2D eigenvalue weighted by atomic mass is 32.2. The Bertz CT molecular complexity index is 1360. The number of β-amino-alcohol motifs (C(OH)–C–C–N with tert-alkyl or cyclic N) is 1. The van der Waals surface area contributed by atoms with E-state index in [-0.39, 0.29) is 18.1 Å². The fraction of sp³-hybridized carbons (Fsp3) is 0.657. The van der Waals surface area contributed by atoms with Crippen molar-refractivity contribution < 1.29 is 33.0 Å². The number of unbranched alkanes of at least 4 members (excludes halogenated alkanes) is 1. The zero-order valence-corrected chi connectivity index (χ0v) is 28.9. The Hall–Kier alpha value is -2.97. The standard InChI is InChI=1S/C35H53N5O7S/c1-2-3-15-29(38-33(43)28(22-26-11-6-4-7-12-26)25-48(45,46)35-36-16-10-17-37-35)34(44)39-30(23-27-13-8-5-9-14-27)32(42)31(41)24-40-18-20-47-21-19-40/h4,6-7,10-12,16-17,27-32,41-42H,2-3,5,8-9,13-15,18-25H2,1H3,(H,38,43)(H,39,44)/t28-,29+,30+,31+,32-/m1/s1. The second-order valence-corrected chi connectivity index (χ2v) is 15.2. The van der Waals surface area contributed by atoms with E-state index in [4.69, 9.17) is 4.74 Å². The fourth-order valence-corrected chi connectivity index (χ4v) is 8.04. The van der Waals surface area contributed by atoms with Crippen LogP contribution in [0.4, 0.5) is 0 Å². The van der Waals surface area contributed by atoms with E-state index in [9.17, 15) is 28.2 Å². The molecule has 0 spiro atoms. The lowest BCUT2D eigenvalue weighted by molar-refractivity contribution is -0.132. The minimum atomic E-state index is -4.02. The third-order valence-electron chi connectivity index (χ3n) is 9.41. The number of carbonyl (C=O) groups is 2. The summed E-state index contributed by atoms with van der Waals surface area (Å²) in [5.41, 5.74) is 0.779. The van der Waals surface area contributed by atoms with E-state index < -0.39 is 57.6 Å². The first-order valence-corrected chi connectivity index (χ1v) is 19.1. The Morgan fingerprint density at radius 2 is 1.67 bits per heavy atom. The molecule has 1 aromatic carbocycles. The van der Waals surface area contributed by atoms with Crippen molar-refractivity contribution in [3.63, 3.8) is 0 Å². The molecule has 1 aliphatic carbocycles. The fourth-order valence-electron chi connectivity index (χ4n) is 6.65. The lowest BCUT2D eigenvalue weighted by Crippen LogP contribution is -2.57. The largest absolute Gasteiger partial charge is 0.389 e. The summed E-state index contributed by atoms with van der Waals surface area (Å²) < 4.78 is 32.0. The van der Waals surface area contributed by atoms with Crippen molar-refractivity contribution in [2.75, 3.05) is 38.6 Å². The van der Waals surface area contributed by atoms with Gasteiger partial charge in [0.2, 0.25) is 26.8 Å². The number of ether oxygens (including phenoxy) is 1. The highest BCUT2D eigenvalue weighted by Crippen LogP contribution is 2.29. The number of hydrogen-bond acceptors (Lipinski definition) is 10. The number of aromatic nitrogens is 2. The molecule has 4 rings (SSSR count). The maximum atomic E-state index is 14.0. The van der Waals surface area contributed by atoms with Gasteiger partial charge in [0.05, 0.1) is 37.0 Å². The van der Waals surface area contributed by atoms with Crippen molar-refractivity contribution in [2.24, 2.45) is 11.8 Å². The number of morpholine rings is 1. The molecule has 2 aromatic rings. The quantitative estimate of drug-likeness (QED) is 0.171. The normalized spacial score (nSPS) is 19.5. The summed E-state index contributed by atoms with van der Waals surface area (Å²) in [4.78, 5) is 37.7. The first-order valence-electron chi connectivity index (χ1n) is 17.5. The summed E-state index contributed by atoms with van der Waals surface area (Å²) in [6.45, 7) is 4.69. The molecule has 1 saturated heterocycles. The topological polar surface area (TPSA) is 171 Å². The van der Waals surface area contributed by atoms with Gasteiger partial charge in [-0.05, 0) is 36.8 Å². The second kappa shape index (κ2) is 19.3. The van der Waals surface area contributed by atoms with Gasteiger partial charge >= 0.3 is 0 Å². The van der Waals surface area contributed by atoms with Crippen molar-refractivity contribution in [3.05, 3.63) is 54.4 Å². The van der Waals surface area contributed by atoms with Crippen LogP contribution in [0.25, 0.3) is 0 Å². The summed E-state index contributed by atoms with van der Waals surface area (Å²) in [7, 11) is -4.02. The third-order valence-corrected chi connectivity index (χ3v) is 11.0. The zero-order chi connectivity index (χ0) is 34.4. The van der Waals surface area contributed by atoms with E-state index in [1.165, 1.54) is 18.5 Å². The van der Waals surface area contributed by atoms with Crippen LogP contribution in [-0.2, 0) is 30.6 Å². The van der Waals surface area contributed by atoms with Crippen molar-refractivity contribution in [3.8, 4) is 0 Å². The molecule has 4 N–H and O–H groups in total. The van der Waals surface area contributed by atoms with Crippen molar-refractivity contribution >= 4 is 21.7 Å². The number of benzene rings is 1. The van der Waals surface area contributed by atoms with E-state index in [0.29, 0.717) is 51.5 Å². The van der Waals surface area contributed by atoms with Gasteiger partial charge in [0, 0.05) is 32.0 Å². The Morgan fingerprint density at radius 1 is 0.979 bits per heavy atom. The van der Waals surface area contributed by atoms with Gasteiger partial charge in [0.25, 0.3) is 0 Å². The van der Waals surface area contributed by atoms with Gasteiger partial charge in [-0.15, -0.1) is 0 Å². The van der Waals surface area contributed by atoms with E-state index >= 15 is 0 Å². The Balaban J connectivity index is 1.51. The smallest absolute Gasteiger partial charge is 0.247 e. The van der Waals surface area contributed by atoms with Gasteiger partial charge in [-0.2, -0.15) is 0 Å². The van der Waals surface area contributed by atoms with Gasteiger partial charge in [-0.25, -0.2) is 18.4 Å². The van der Waals surface area contributed by atoms with Crippen LogP contribution in [0, 0.1) is 11.8 Å². The second-order valence-electron chi connectivity index (χ2n) is 13.2. The maximum Gasteiger partial charge on any atom is 0.247 e. The van der Waals surface area contributed by atoms with Crippen molar-refractivity contribution in [1.29, 1.82) is 0 Å². The molecule has 48 heavy (non-hydrogen) atoms. The average molecular weight is 688 g/mol. The number of amides is 2. The van der Waals surface area contributed by atoms with E-state index in [2.05, 4.69) is 20.6 Å². The summed E-state index contributed by atoms with van der Waals surface area (Å²) >= 11 is 0. The van der Waals surface area contributed by atoms with Crippen molar-refractivity contribution in [1.82, 2.24) is 25.5 Å². The van der Waals surface area contributed by atoms with E-state index in [0.717, 1.165) is 44.1 Å². The van der Waals surface area contributed by atoms with Crippen LogP contribution in [0.15, 0.2) is 53.9 Å². The predicted molar refractivity (Wildman–Crippen MR) is 182 cm³/mol. The minimum Gasteiger partial charge on any atom is -0.389 e. The van der Waals surface area contributed by atoms with Crippen LogP contribution in [0.5, 0.6) is 0 Å². The van der Waals surface area contributed by atoms with Gasteiger partial charge in [-0.1, -0.05) is 82.2 Å². The average Bonchev–Trinajstić information content (AvgIpc) is 3.10. The number of aliphatic hydroxyl groups excluding tert-OH is 2. The van der Waals surface area contributed by atoms with Gasteiger partial charge in [0.15, 0.2) is 0 Å².